The Morgan fingerprint density at radius 3 is 2.05 bits per heavy atom. The molecule has 0 unspecified atom stereocenters. The van der Waals surface area contributed by atoms with Crippen LogP contribution in [0.3, 0.4) is 0 Å². The third-order valence-corrected chi connectivity index (χ3v) is 5.67. The number of anilines is 1. The van der Waals surface area contributed by atoms with E-state index in [9.17, 15) is 9.59 Å². The molecular formula is C31H31NO8. The summed E-state index contributed by atoms with van der Waals surface area (Å²) >= 11 is 0. The molecule has 0 radical (unpaired) electrons. The van der Waals surface area contributed by atoms with E-state index in [0.29, 0.717) is 59.8 Å². The van der Waals surface area contributed by atoms with Gasteiger partial charge in [0.25, 0.3) is 5.91 Å². The van der Waals surface area contributed by atoms with Gasteiger partial charge in [0.15, 0.2) is 17.3 Å². The minimum absolute atomic E-state index is 0.122. The molecule has 0 atom stereocenters. The molecule has 3 aromatic carbocycles. The van der Waals surface area contributed by atoms with E-state index in [1.807, 2.05) is 32.0 Å². The zero-order valence-electron chi connectivity index (χ0n) is 22.6. The normalized spacial score (nSPS) is 10.5. The van der Waals surface area contributed by atoms with E-state index >= 15 is 0 Å². The van der Waals surface area contributed by atoms with E-state index < -0.39 is 5.97 Å². The van der Waals surface area contributed by atoms with E-state index in [-0.39, 0.29) is 18.3 Å². The number of carbonyl (C=O) groups excluding carboxylic acids is 2. The molecule has 0 aliphatic carbocycles. The second-order valence-corrected chi connectivity index (χ2v) is 8.48. The number of hydrogen-bond donors (Lipinski definition) is 1. The van der Waals surface area contributed by atoms with Crippen molar-refractivity contribution in [2.45, 2.75) is 27.1 Å². The second kappa shape index (κ2) is 13.7. The standard InChI is InChI=1S/C31H31NO8/c1-4-36-27-16-6-21(18-29(27)37-5-2)19-38-25-13-9-23(10-14-25)32-30(33)28-17-15-26(40-28)20-39-24-11-7-22(8-12-24)31(34)35-3/h6-18H,4-5,19-20H2,1-3H3,(H,32,33). The van der Waals surface area contributed by atoms with Gasteiger partial charge in [-0.25, -0.2) is 4.79 Å². The molecule has 0 saturated carbocycles. The number of furan rings is 1. The van der Waals surface area contributed by atoms with Crippen molar-refractivity contribution < 1.29 is 37.7 Å². The van der Waals surface area contributed by atoms with Gasteiger partial charge in [-0.15, -0.1) is 0 Å². The van der Waals surface area contributed by atoms with Crippen molar-refractivity contribution in [1.82, 2.24) is 0 Å². The average molecular weight is 546 g/mol. The van der Waals surface area contributed by atoms with E-state index in [0.717, 1.165) is 5.56 Å². The lowest BCUT2D eigenvalue weighted by Gasteiger charge is -2.13. The molecule has 0 fully saturated rings. The Hall–Kier alpha value is -4.92. The summed E-state index contributed by atoms with van der Waals surface area (Å²) in [5, 5.41) is 2.81. The van der Waals surface area contributed by atoms with Crippen LogP contribution in [0.2, 0.25) is 0 Å². The Morgan fingerprint density at radius 2 is 1.38 bits per heavy atom. The van der Waals surface area contributed by atoms with E-state index in [1.165, 1.54) is 7.11 Å². The van der Waals surface area contributed by atoms with Gasteiger partial charge in [-0.3, -0.25) is 4.79 Å². The van der Waals surface area contributed by atoms with Gasteiger partial charge in [0.1, 0.15) is 30.5 Å². The highest BCUT2D eigenvalue weighted by molar-refractivity contribution is 6.02. The van der Waals surface area contributed by atoms with Gasteiger partial charge in [0, 0.05) is 5.69 Å². The third-order valence-electron chi connectivity index (χ3n) is 5.67. The number of amides is 1. The van der Waals surface area contributed by atoms with Gasteiger partial charge in [0.2, 0.25) is 0 Å². The van der Waals surface area contributed by atoms with Gasteiger partial charge in [0.05, 0.1) is 25.9 Å². The number of ether oxygens (including phenoxy) is 5. The van der Waals surface area contributed by atoms with Crippen LogP contribution in [0.25, 0.3) is 0 Å². The largest absolute Gasteiger partial charge is 0.490 e. The molecule has 4 rings (SSSR count). The van der Waals surface area contributed by atoms with Crippen molar-refractivity contribution in [2.24, 2.45) is 0 Å². The summed E-state index contributed by atoms with van der Waals surface area (Å²) in [6.45, 7) is 5.43. The number of methoxy groups -OCH3 is 1. The van der Waals surface area contributed by atoms with Crippen molar-refractivity contribution in [1.29, 1.82) is 0 Å². The number of nitrogens with one attached hydrogen (secondary N) is 1. The molecule has 0 spiro atoms. The Bertz CT molecular complexity index is 1410. The molecule has 0 bridgehead atoms. The summed E-state index contributed by atoms with van der Waals surface area (Å²) in [6.07, 6.45) is 0. The van der Waals surface area contributed by atoms with E-state index in [1.54, 1.807) is 60.7 Å². The van der Waals surface area contributed by atoms with Crippen molar-refractivity contribution in [3.63, 3.8) is 0 Å². The molecule has 1 heterocycles. The molecule has 4 aromatic rings. The zero-order valence-corrected chi connectivity index (χ0v) is 22.6. The molecule has 1 N–H and O–H groups in total. The first-order chi connectivity index (χ1) is 19.5. The fraction of sp³-hybridized carbons (Fsp3) is 0.226. The Kier molecular flexibility index (Phi) is 9.66. The molecule has 9 nitrogen and oxygen atoms in total. The molecule has 0 saturated heterocycles. The maximum absolute atomic E-state index is 12.6. The fourth-order valence-corrected chi connectivity index (χ4v) is 3.72. The summed E-state index contributed by atoms with van der Waals surface area (Å²) in [6, 6.07) is 22.6. The third kappa shape index (κ3) is 7.57. The summed E-state index contributed by atoms with van der Waals surface area (Å²) in [5.41, 5.74) is 1.96. The highest BCUT2D eigenvalue weighted by Gasteiger charge is 2.13. The number of carbonyl (C=O) groups is 2. The van der Waals surface area contributed by atoms with Gasteiger partial charge in [-0.05, 0) is 92.2 Å². The summed E-state index contributed by atoms with van der Waals surface area (Å²) < 4.78 is 33.1. The van der Waals surface area contributed by atoms with Crippen molar-refractivity contribution >= 4 is 17.6 Å². The number of rotatable bonds is 13. The Balaban J connectivity index is 1.27. The maximum Gasteiger partial charge on any atom is 0.337 e. The first-order valence-corrected chi connectivity index (χ1v) is 12.8. The predicted molar refractivity (Wildman–Crippen MR) is 148 cm³/mol. The second-order valence-electron chi connectivity index (χ2n) is 8.48. The number of hydrogen-bond acceptors (Lipinski definition) is 8. The summed E-state index contributed by atoms with van der Waals surface area (Å²) in [7, 11) is 1.33. The molecule has 1 amide bonds. The van der Waals surface area contributed by atoms with Crippen molar-refractivity contribution in [3.8, 4) is 23.0 Å². The molecule has 1 aromatic heterocycles. The molecule has 40 heavy (non-hydrogen) atoms. The van der Waals surface area contributed by atoms with Gasteiger partial charge >= 0.3 is 5.97 Å². The average Bonchev–Trinajstić information content (AvgIpc) is 3.46. The zero-order chi connectivity index (χ0) is 28.3. The van der Waals surface area contributed by atoms with Crippen LogP contribution < -0.4 is 24.3 Å². The highest BCUT2D eigenvalue weighted by atomic mass is 16.5. The lowest BCUT2D eigenvalue weighted by atomic mass is 10.2. The van der Waals surface area contributed by atoms with E-state index in [2.05, 4.69) is 10.1 Å². The quantitative estimate of drug-likeness (QED) is 0.196. The van der Waals surface area contributed by atoms with Crippen LogP contribution in [0.5, 0.6) is 23.0 Å². The van der Waals surface area contributed by atoms with Crippen LogP contribution in [-0.4, -0.2) is 32.2 Å². The minimum Gasteiger partial charge on any atom is -0.490 e. The molecule has 208 valence electrons. The van der Waals surface area contributed by atoms with Crippen LogP contribution >= 0.6 is 0 Å². The lowest BCUT2D eigenvalue weighted by Crippen LogP contribution is -2.10. The number of esters is 1. The molecule has 9 heteroatoms. The van der Waals surface area contributed by atoms with Crippen LogP contribution in [0.15, 0.2) is 83.3 Å². The fourth-order valence-electron chi connectivity index (χ4n) is 3.72. The monoisotopic (exact) mass is 545 g/mol. The smallest absolute Gasteiger partial charge is 0.337 e. The predicted octanol–water partition coefficient (Wildman–Crippen LogP) is 6.27. The van der Waals surface area contributed by atoms with Crippen molar-refractivity contribution in [3.05, 3.63) is 102 Å². The summed E-state index contributed by atoms with van der Waals surface area (Å²) in [5.74, 6) is 2.42. The molecular weight excluding hydrogens is 514 g/mol. The van der Waals surface area contributed by atoms with Gasteiger partial charge in [-0.1, -0.05) is 6.07 Å². The number of benzene rings is 3. The lowest BCUT2D eigenvalue weighted by molar-refractivity contribution is 0.0600. The first-order valence-electron chi connectivity index (χ1n) is 12.8. The van der Waals surface area contributed by atoms with Crippen molar-refractivity contribution in [2.75, 3.05) is 25.6 Å². The Morgan fingerprint density at radius 1 is 0.725 bits per heavy atom. The molecule has 0 aliphatic rings. The van der Waals surface area contributed by atoms with Crippen LogP contribution in [0, 0.1) is 0 Å². The SMILES string of the molecule is CCOc1ccc(COc2ccc(NC(=O)c3ccc(COc4ccc(C(=O)OC)cc4)o3)cc2)cc1OCC. The topological polar surface area (TPSA) is 105 Å². The highest BCUT2D eigenvalue weighted by Crippen LogP contribution is 2.29. The summed E-state index contributed by atoms with van der Waals surface area (Å²) in [4.78, 5) is 24.2. The molecule has 0 aliphatic heterocycles. The van der Waals surface area contributed by atoms with Gasteiger partial charge in [-0.2, -0.15) is 0 Å². The van der Waals surface area contributed by atoms with E-state index in [4.69, 9.17) is 23.4 Å². The van der Waals surface area contributed by atoms with Gasteiger partial charge < -0.3 is 33.4 Å². The van der Waals surface area contributed by atoms with Crippen LogP contribution in [0.4, 0.5) is 5.69 Å². The van der Waals surface area contributed by atoms with Crippen LogP contribution in [-0.2, 0) is 18.0 Å². The maximum atomic E-state index is 12.6. The minimum atomic E-state index is -0.421. The Labute approximate surface area is 232 Å². The van der Waals surface area contributed by atoms with Crippen LogP contribution in [0.1, 0.15) is 46.1 Å². The first kappa shape index (κ1) is 28.1.